The standard InChI is InChI=1S/C39H46N2O19/c1-17(42)40-30-35(55-23(7)48)33(53-21(5)46)28(15-51-19(3)44)57-38(30)59-32-26-12-10-9-11-25(26)13-14-27(32)37(50)60-39-31(41-18(2)43)36(56-24(8)49)34(54-22(6)47)29(58-39)16-52-20(4)45/h9-14,28-31,33-36,38-39H,15-16H2,1-8H3,(H,40,42)(H,41,43)/t28-,29-,30-,31+,33+,34+,35-,36+,38-,39+/m0/s1. The van der Waals surface area contributed by atoms with Crippen LogP contribution in [-0.4, -0.2) is 128 Å². The van der Waals surface area contributed by atoms with Crippen molar-refractivity contribution in [2.45, 2.75) is 117 Å². The smallest absolute Gasteiger partial charge is 0.344 e. The van der Waals surface area contributed by atoms with Crippen molar-refractivity contribution < 1.29 is 90.5 Å². The number of amides is 2. The molecule has 2 aliphatic rings. The first-order valence-electron chi connectivity index (χ1n) is 18.5. The molecule has 21 nitrogen and oxygen atoms in total. The number of benzene rings is 2. The zero-order valence-corrected chi connectivity index (χ0v) is 33.9. The molecule has 0 saturated carbocycles. The van der Waals surface area contributed by atoms with E-state index in [0.717, 1.165) is 55.4 Å². The number of fused-ring (bicyclic) bond motifs is 1. The molecule has 10 atom stereocenters. The van der Waals surface area contributed by atoms with Gasteiger partial charge in [0.15, 0.2) is 24.4 Å². The van der Waals surface area contributed by atoms with Gasteiger partial charge in [-0.2, -0.15) is 0 Å². The molecule has 2 amide bonds. The summed E-state index contributed by atoms with van der Waals surface area (Å²) in [5.74, 6) is -7.68. The molecule has 2 N–H and O–H groups in total. The summed E-state index contributed by atoms with van der Waals surface area (Å²) >= 11 is 0. The van der Waals surface area contributed by atoms with Crippen LogP contribution in [0.1, 0.15) is 65.7 Å². The van der Waals surface area contributed by atoms with Gasteiger partial charge in [-0.25, -0.2) is 4.79 Å². The van der Waals surface area contributed by atoms with Crippen molar-refractivity contribution >= 4 is 64.4 Å². The number of nitrogens with one attached hydrogen (secondary N) is 2. The van der Waals surface area contributed by atoms with Gasteiger partial charge in [0.05, 0.1) is 0 Å². The van der Waals surface area contributed by atoms with Crippen molar-refractivity contribution in [2.24, 2.45) is 0 Å². The first-order valence-corrected chi connectivity index (χ1v) is 18.5. The highest BCUT2D eigenvalue weighted by molar-refractivity contribution is 6.01. The molecule has 60 heavy (non-hydrogen) atoms. The fourth-order valence-electron chi connectivity index (χ4n) is 6.60. The lowest BCUT2D eigenvalue weighted by molar-refractivity contribution is -0.264. The van der Waals surface area contributed by atoms with Gasteiger partial charge in [-0.15, -0.1) is 0 Å². The minimum atomic E-state index is -1.82. The summed E-state index contributed by atoms with van der Waals surface area (Å²) in [7, 11) is 0. The highest BCUT2D eigenvalue weighted by atomic mass is 16.7. The molecule has 4 rings (SSSR count). The van der Waals surface area contributed by atoms with Gasteiger partial charge in [0.2, 0.25) is 24.4 Å². The van der Waals surface area contributed by atoms with Crippen LogP contribution in [-0.2, 0) is 81.0 Å². The van der Waals surface area contributed by atoms with Crippen molar-refractivity contribution in [3.05, 3.63) is 42.0 Å². The van der Waals surface area contributed by atoms with Crippen LogP contribution in [0.4, 0.5) is 0 Å². The van der Waals surface area contributed by atoms with Crippen molar-refractivity contribution in [3.63, 3.8) is 0 Å². The number of carbonyl (C=O) groups is 9. The first-order chi connectivity index (χ1) is 28.2. The Morgan fingerprint density at radius 3 is 1.40 bits per heavy atom. The van der Waals surface area contributed by atoms with E-state index < -0.39 is 128 Å². The second kappa shape index (κ2) is 20.6. The quantitative estimate of drug-likeness (QED) is 0.196. The maximum absolute atomic E-state index is 14.4. The molecule has 0 unspecified atom stereocenters. The summed E-state index contributed by atoms with van der Waals surface area (Å²) in [5.41, 5.74) is -0.311. The lowest BCUT2D eigenvalue weighted by atomic mass is 9.95. The number of esters is 7. The molecule has 2 fully saturated rings. The van der Waals surface area contributed by atoms with Crippen molar-refractivity contribution in [3.8, 4) is 5.75 Å². The van der Waals surface area contributed by atoms with Gasteiger partial charge in [0, 0.05) is 60.8 Å². The molecule has 0 bridgehead atoms. The minimum absolute atomic E-state index is 0.227. The molecule has 2 saturated heterocycles. The van der Waals surface area contributed by atoms with Gasteiger partial charge >= 0.3 is 41.8 Å². The summed E-state index contributed by atoms with van der Waals surface area (Å²) in [4.78, 5) is 113. The molecule has 326 valence electrons. The third kappa shape index (κ3) is 12.3. The Balaban J connectivity index is 1.85. The summed E-state index contributed by atoms with van der Waals surface area (Å²) in [6.45, 7) is 7.61. The molecule has 0 radical (unpaired) electrons. The molecule has 21 heteroatoms. The van der Waals surface area contributed by atoms with Gasteiger partial charge in [-0.3, -0.25) is 38.4 Å². The maximum atomic E-state index is 14.4. The maximum Gasteiger partial charge on any atom is 0.344 e. The molecule has 2 aliphatic heterocycles. The second-order valence-corrected chi connectivity index (χ2v) is 13.6. The van der Waals surface area contributed by atoms with Crippen LogP contribution >= 0.6 is 0 Å². The molecule has 2 aromatic carbocycles. The van der Waals surface area contributed by atoms with Crippen LogP contribution in [0, 0.1) is 0 Å². The van der Waals surface area contributed by atoms with E-state index in [1.54, 1.807) is 30.3 Å². The number of ether oxygens (including phenoxy) is 10. The predicted octanol–water partition coefficient (Wildman–Crippen LogP) is 0.688. The van der Waals surface area contributed by atoms with Crippen molar-refractivity contribution in [1.82, 2.24) is 10.6 Å². The van der Waals surface area contributed by atoms with E-state index in [1.165, 1.54) is 6.07 Å². The normalized spacial score (nSPS) is 25.9. The average Bonchev–Trinajstić information content (AvgIpc) is 3.13. The largest absolute Gasteiger partial charge is 0.463 e. The van der Waals surface area contributed by atoms with Crippen LogP contribution in [0.3, 0.4) is 0 Å². The zero-order chi connectivity index (χ0) is 44.4. The fraction of sp³-hybridized carbons (Fsp3) is 0.513. The van der Waals surface area contributed by atoms with Gasteiger partial charge in [0.1, 0.15) is 48.8 Å². The Hall–Kier alpha value is -6.35. The topological polar surface area (TPSA) is 270 Å². The molecule has 0 aromatic heterocycles. The zero-order valence-electron chi connectivity index (χ0n) is 33.9. The van der Waals surface area contributed by atoms with E-state index in [0.29, 0.717) is 5.39 Å². The predicted molar refractivity (Wildman–Crippen MR) is 198 cm³/mol. The number of rotatable bonds is 14. The van der Waals surface area contributed by atoms with Crippen molar-refractivity contribution in [1.29, 1.82) is 0 Å². The van der Waals surface area contributed by atoms with Gasteiger partial charge < -0.3 is 58.0 Å². The van der Waals surface area contributed by atoms with Crippen LogP contribution in [0.15, 0.2) is 36.4 Å². The molecule has 0 spiro atoms. The third-order valence-corrected chi connectivity index (χ3v) is 8.70. The van der Waals surface area contributed by atoms with E-state index in [-0.39, 0.29) is 16.7 Å². The summed E-state index contributed by atoms with van der Waals surface area (Å²) in [6.07, 6.45) is -12.3. The SMILES string of the molecule is CC(=O)N[C@@H]1[C@H](Oc2c(C(=O)O[C@H]3O[C@@H](COC(C)=O)[C@@H](OC(C)=O)[C@H](OC(C)=O)[C@H]3NC(C)=O)ccc3ccccc23)O[C@@H](COC(C)=O)[C@@H](OC(C)=O)[C@H]1OC(C)=O. The Kier molecular flexibility index (Phi) is 15.9. The Labute approximate surface area is 342 Å². The Morgan fingerprint density at radius 1 is 0.517 bits per heavy atom. The van der Waals surface area contributed by atoms with Crippen LogP contribution in [0.5, 0.6) is 5.75 Å². The number of carbonyl (C=O) groups excluding carboxylic acids is 9. The van der Waals surface area contributed by atoms with Crippen LogP contribution < -0.4 is 15.4 Å². The van der Waals surface area contributed by atoms with Crippen molar-refractivity contribution in [2.75, 3.05) is 13.2 Å². The molecule has 0 aliphatic carbocycles. The van der Waals surface area contributed by atoms with Gasteiger partial charge in [-0.1, -0.05) is 30.3 Å². The summed E-state index contributed by atoms with van der Waals surface area (Å²) in [6, 6.07) is 6.47. The summed E-state index contributed by atoms with van der Waals surface area (Å²) < 4.78 is 56.7. The van der Waals surface area contributed by atoms with E-state index in [4.69, 9.17) is 47.4 Å². The fourth-order valence-corrected chi connectivity index (χ4v) is 6.60. The van der Waals surface area contributed by atoms with E-state index in [9.17, 15) is 43.2 Å². The highest BCUT2D eigenvalue weighted by Crippen LogP contribution is 2.36. The molecule has 2 heterocycles. The molecular formula is C39H46N2O19. The molecule has 2 aromatic rings. The number of hydrogen-bond acceptors (Lipinski definition) is 19. The van der Waals surface area contributed by atoms with Crippen LogP contribution in [0.25, 0.3) is 10.8 Å². The third-order valence-electron chi connectivity index (χ3n) is 8.70. The van der Waals surface area contributed by atoms with Gasteiger partial charge in [0.25, 0.3) is 0 Å². The molecular weight excluding hydrogens is 800 g/mol. The first kappa shape index (κ1) is 46.3. The average molecular weight is 847 g/mol. The monoisotopic (exact) mass is 846 g/mol. The number of hydrogen-bond donors (Lipinski definition) is 2. The van der Waals surface area contributed by atoms with E-state index in [1.807, 2.05) is 0 Å². The van der Waals surface area contributed by atoms with E-state index in [2.05, 4.69) is 10.6 Å². The lowest BCUT2D eigenvalue weighted by Gasteiger charge is -2.45. The minimum Gasteiger partial charge on any atom is -0.463 e. The highest BCUT2D eigenvalue weighted by Gasteiger charge is 2.54. The second-order valence-electron chi connectivity index (χ2n) is 13.6. The Morgan fingerprint density at radius 2 is 0.950 bits per heavy atom. The van der Waals surface area contributed by atoms with Crippen LogP contribution in [0.2, 0.25) is 0 Å². The summed E-state index contributed by atoms with van der Waals surface area (Å²) in [5, 5.41) is 5.90. The Bertz CT molecular complexity index is 1980. The lowest BCUT2D eigenvalue weighted by Crippen LogP contribution is -2.67. The van der Waals surface area contributed by atoms with Gasteiger partial charge in [-0.05, 0) is 11.5 Å². The van der Waals surface area contributed by atoms with E-state index >= 15 is 0 Å².